The maximum absolute atomic E-state index is 10.8. The molecule has 2 heterocycles. The summed E-state index contributed by atoms with van der Waals surface area (Å²) in [7, 11) is 0. The lowest BCUT2D eigenvalue weighted by atomic mass is 9.88. The lowest BCUT2D eigenvalue weighted by Gasteiger charge is -2.34. The van der Waals surface area contributed by atoms with Crippen molar-refractivity contribution in [2.24, 2.45) is 0 Å². The van der Waals surface area contributed by atoms with Gasteiger partial charge in [-0.05, 0) is 24.3 Å². The Kier molecular flexibility index (Phi) is 4.08. The van der Waals surface area contributed by atoms with Gasteiger partial charge in [0.1, 0.15) is 0 Å². The van der Waals surface area contributed by atoms with Crippen LogP contribution in [0.5, 0.6) is 0 Å². The minimum absolute atomic E-state index is 0.0241. The van der Waals surface area contributed by atoms with Gasteiger partial charge in [-0.1, -0.05) is 6.07 Å². The minimum atomic E-state index is -0.969. The Morgan fingerprint density at radius 2 is 2.33 bits per heavy atom. The van der Waals surface area contributed by atoms with Crippen LogP contribution in [0.4, 0.5) is 4.79 Å². The molecular weight excluding hydrogens is 252 g/mol. The van der Waals surface area contributed by atoms with Crippen LogP contribution in [0.2, 0.25) is 0 Å². The lowest BCUT2D eigenvalue weighted by Crippen LogP contribution is -2.45. The molecule has 0 bridgehead atoms. The fourth-order valence-corrected chi connectivity index (χ4v) is 2.59. The maximum atomic E-state index is 10.8. The number of nitrogens with zero attached hydrogens (tertiary/aromatic N) is 2. The molecule has 2 N–H and O–H groups in total. The van der Waals surface area contributed by atoms with Crippen molar-refractivity contribution in [3.63, 3.8) is 0 Å². The first kappa shape index (κ1) is 13.2. The molecular formula is C12H16N2O3S. The Balaban J connectivity index is 2.07. The van der Waals surface area contributed by atoms with E-state index in [2.05, 4.69) is 4.98 Å². The molecule has 0 aliphatic carbocycles. The average molecular weight is 268 g/mol. The number of carbonyl (C=O) groups is 1. The van der Waals surface area contributed by atoms with E-state index in [4.69, 9.17) is 5.11 Å². The van der Waals surface area contributed by atoms with Crippen molar-refractivity contribution in [1.82, 2.24) is 9.88 Å². The summed E-state index contributed by atoms with van der Waals surface area (Å²) in [5.74, 6) is -0.0241. The van der Waals surface area contributed by atoms with E-state index in [1.165, 1.54) is 4.90 Å². The molecule has 0 spiro atoms. The zero-order chi connectivity index (χ0) is 13.1. The molecule has 5 nitrogen and oxygen atoms in total. The molecule has 1 amide bonds. The van der Waals surface area contributed by atoms with Crippen molar-refractivity contribution < 1.29 is 15.0 Å². The molecule has 6 heteroatoms. The first-order valence-electron chi connectivity index (χ1n) is 5.77. The van der Waals surface area contributed by atoms with E-state index in [0.717, 1.165) is 10.6 Å². The van der Waals surface area contributed by atoms with Crippen molar-refractivity contribution in [2.45, 2.75) is 23.5 Å². The van der Waals surface area contributed by atoms with E-state index in [0.29, 0.717) is 13.0 Å². The molecule has 1 aromatic rings. The number of pyridine rings is 1. The SMILES string of the molecule is CSc1ccc(C2CCN(C(=O)O)CC2O)cn1. The van der Waals surface area contributed by atoms with Gasteiger partial charge in [0.15, 0.2) is 0 Å². The zero-order valence-electron chi connectivity index (χ0n) is 10.1. The van der Waals surface area contributed by atoms with Gasteiger partial charge in [-0.15, -0.1) is 11.8 Å². The van der Waals surface area contributed by atoms with Gasteiger partial charge in [-0.2, -0.15) is 0 Å². The van der Waals surface area contributed by atoms with Crippen molar-refractivity contribution in [3.8, 4) is 0 Å². The third-order valence-electron chi connectivity index (χ3n) is 3.25. The second-order valence-corrected chi connectivity index (χ2v) is 5.15. The summed E-state index contributed by atoms with van der Waals surface area (Å²) in [6, 6.07) is 3.89. The Labute approximate surface area is 110 Å². The Morgan fingerprint density at radius 1 is 1.56 bits per heavy atom. The first-order valence-corrected chi connectivity index (χ1v) is 7.00. The van der Waals surface area contributed by atoms with Gasteiger partial charge < -0.3 is 15.1 Å². The molecule has 18 heavy (non-hydrogen) atoms. The number of carboxylic acid groups (broad SMARTS) is 1. The fourth-order valence-electron chi connectivity index (χ4n) is 2.23. The van der Waals surface area contributed by atoms with Gasteiger partial charge >= 0.3 is 6.09 Å². The van der Waals surface area contributed by atoms with Gasteiger partial charge in [0, 0.05) is 18.7 Å². The number of amides is 1. The molecule has 0 saturated carbocycles. The van der Waals surface area contributed by atoms with Crippen LogP contribution in [0, 0.1) is 0 Å². The van der Waals surface area contributed by atoms with Crippen molar-refractivity contribution in [2.75, 3.05) is 19.3 Å². The summed E-state index contributed by atoms with van der Waals surface area (Å²) in [5, 5.41) is 19.9. The third-order valence-corrected chi connectivity index (χ3v) is 3.91. The van der Waals surface area contributed by atoms with E-state index in [9.17, 15) is 9.90 Å². The number of hydrogen-bond donors (Lipinski definition) is 2. The molecule has 1 aromatic heterocycles. The minimum Gasteiger partial charge on any atom is -0.465 e. The molecule has 1 aliphatic heterocycles. The number of aromatic nitrogens is 1. The van der Waals surface area contributed by atoms with Gasteiger partial charge in [0.25, 0.3) is 0 Å². The first-order chi connectivity index (χ1) is 8.61. The standard InChI is InChI=1S/C12H16N2O3S/c1-18-11-3-2-8(6-13-11)9-4-5-14(12(16)17)7-10(9)15/h2-3,6,9-10,15H,4-5,7H2,1H3,(H,16,17). The summed E-state index contributed by atoms with van der Waals surface area (Å²) >= 11 is 1.57. The number of aliphatic hydroxyl groups is 1. The summed E-state index contributed by atoms with van der Waals surface area (Å²) in [4.78, 5) is 16.4. The molecule has 1 aliphatic rings. The second-order valence-electron chi connectivity index (χ2n) is 4.32. The van der Waals surface area contributed by atoms with Crippen molar-refractivity contribution in [1.29, 1.82) is 0 Å². The normalized spacial score (nSPS) is 24.0. The lowest BCUT2D eigenvalue weighted by molar-refractivity contribution is 0.0503. The number of thioether (sulfide) groups is 1. The van der Waals surface area contributed by atoms with Crippen molar-refractivity contribution in [3.05, 3.63) is 23.9 Å². The molecule has 1 fully saturated rings. The van der Waals surface area contributed by atoms with Crippen molar-refractivity contribution >= 4 is 17.9 Å². The van der Waals surface area contributed by atoms with E-state index >= 15 is 0 Å². The van der Waals surface area contributed by atoms with Crippen LogP contribution in [-0.4, -0.2) is 51.6 Å². The highest BCUT2D eigenvalue weighted by atomic mass is 32.2. The molecule has 98 valence electrons. The van der Waals surface area contributed by atoms with Gasteiger partial charge in [-0.25, -0.2) is 9.78 Å². The van der Waals surface area contributed by atoms with Gasteiger partial charge in [0.05, 0.1) is 17.7 Å². The Hall–Kier alpha value is -1.27. The smallest absolute Gasteiger partial charge is 0.407 e. The Morgan fingerprint density at radius 3 is 2.83 bits per heavy atom. The number of hydrogen-bond acceptors (Lipinski definition) is 4. The number of likely N-dealkylation sites (tertiary alicyclic amines) is 1. The number of rotatable bonds is 2. The van der Waals surface area contributed by atoms with Crippen LogP contribution in [0.3, 0.4) is 0 Å². The number of aliphatic hydroxyl groups excluding tert-OH is 1. The summed E-state index contributed by atoms with van der Waals surface area (Å²) in [6.45, 7) is 0.631. The van der Waals surface area contributed by atoms with Gasteiger partial charge in [0.2, 0.25) is 0 Å². The molecule has 2 unspecified atom stereocenters. The van der Waals surface area contributed by atoms with E-state index < -0.39 is 12.2 Å². The summed E-state index contributed by atoms with van der Waals surface area (Å²) < 4.78 is 0. The highest BCUT2D eigenvalue weighted by Gasteiger charge is 2.31. The third kappa shape index (κ3) is 2.76. The second kappa shape index (κ2) is 5.58. The Bertz CT molecular complexity index is 424. The quantitative estimate of drug-likeness (QED) is 0.798. The summed E-state index contributed by atoms with van der Waals surface area (Å²) in [6.07, 6.45) is 2.74. The van der Waals surface area contributed by atoms with E-state index in [1.807, 2.05) is 18.4 Å². The van der Waals surface area contributed by atoms with Crippen LogP contribution >= 0.6 is 11.8 Å². The van der Waals surface area contributed by atoms with Crippen LogP contribution in [0.15, 0.2) is 23.4 Å². The highest BCUT2D eigenvalue weighted by molar-refractivity contribution is 7.98. The molecule has 0 radical (unpaired) electrons. The maximum Gasteiger partial charge on any atom is 0.407 e. The van der Waals surface area contributed by atoms with Crippen LogP contribution in [-0.2, 0) is 0 Å². The predicted molar refractivity (Wildman–Crippen MR) is 69.0 cm³/mol. The average Bonchev–Trinajstić information content (AvgIpc) is 2.38. The fraction of sp³-hybridized carbons (Fsp3) is 0.500. The van der Waals surface area contributed by atoms with Crippen LogP contribution in [0.1, 0.15) is 17.9 Å². The number of piperidine rings is 1. The highest BCUT2D eigenvalue weighted by Crippen LogP contribution is 2.28. The molecule has 1 saturated heterocycles. The zero-order valence-corrected chi connectivity index (χ0v) is 10.9. The van der Waals surface area contributed by atoms with Gasteiger partial charge in [-0.3, -0.25) is 0 Å². The van der Waals surface area contributed by atoms with Crippen LogP contribution in [0.25, 0.3) is 0 Å². The molecule has 2 atom stereocenters. The van der Waals surface area contributed by atoms with E-state index in [1.54, 1.807) is 18.0 Å². The topological polar surface area (TPSA) is 73.7 Å². The van der Waals surface area contributed by atoms with Crippen LogP contribution < -0.4 is 0 Å². The number of β-amino-alcohol motifs (C(OH)–C–C–N with tert-alkyl or cyclic N) is 1. The molecule has 2 rings (SSSR count). The molecule has 0 aromatic carbocycles. The van der Waals surface area contributed by atoms with E-state index in [-0.39, 0.29) is 12.5 Å². The monoisotopic (exact) mass is 268 g/mol. The predicted octanol–water partition coefficient (Wildman–Crippen LogP) is 1.63. The largest absolute Gasteiger partial charge is 0.465 e. The summed E-state index contributed by atoms with van der Waals surface area (Å²) in [5.41, 5.74) is 0.977.